The molecule has 0 unspecified atom stereocenters. The Morgan fingerprint density at radius 1 is 1.19 bits per heavy atom. The topological polar surface area (TPSA) is 86.9 Å². The molecule has 7 heteroatoms. The van der Waals surface area contributed by atoms with E-state index >= 15 is 0 Å². The smallest absolute Gasteiger partial charge is 0.317 e. The number of aliphatic carboxylic acids is 1. The molecule has 0 spiro atoms. The van der Waals surface area contributed by atoms with Gasteiger partial charge in [-0.2, -0.15) is 0 Å². The quantitative estimate of drug-likeness (QED) is 0.833. The highest BCUT2D eigenvalue weighted by atomic mass is 35.5. The minimum atomic E-state index is -0.798. The van der Waals surface area contributed by atoms with E-state index in [-0.39, 0.29) is 6.54 Å². The molecule has 1 aliphatic rings. The monoisotopic (exact) mass is 311 g/mol. The second kappa shape index (κ2) is 6.89. The van der Waals surface area contributed by atoms with Crippen molar-refractivity contribution in [3.8, 4) is 0 Å². The molecule has 1 saturated heterocycles. The van der Waals surface area contributed by atoms with Crippen molar-refractivity contribution in [1.82, 2.24) is 9.80 Å². The van der Waals surface area contributed by atoms with Crippen molar-refractivity contribution in [2.24, 2.45) is 5.73 Å². The molecule has 0 radical (unpaired) electrons. The predicted octanol–water partition coefficient (Wildman–Crippen LogP) is 0.641. The summed E-state index contributed by atoms with van der Waals surface area (Å²) in [6.07, 6.45) is 0. The van der Waals surface area contributed by atoms with Crippen molar-refractivity contribution in [2.75, 3.05) is 32.7 Å². The highest BCUT2D eigenvalue weighted by molar-refractivity contribution is 6.31. The molecule has 0 bridgehead atoms. The van der Waals surface area contributed by atoms with Crippen LogP contribution in [0.15, 0.2) is 18.2 Å². The number of rotatable bonds is 5. The van der Waals surface area contributed by atoms with Gasteiger partial charge >= 0.3 is 5.97 Å². The molecule has 114 valence electrons. The largest absolute Gasteiger partial charge is 0.480 e. The molecule has 21 heavy (non-hydrogen) atoms. The van der Waals surface area contributed by atoms with Crippen molar-refractivity contribution >= 4 is 23.5 Å². The second-order valence-corrected chi connectivity index (χ2v) is 5.52. The minimum Gasteiger partial charge on any atom is -0.480 e. The molecule has 2 rings (SSSR count). The van der Waals surface area contributed by atoms with E-state index < -0.39 is 11.9 Å². The van der Waals surface area contributed by atoms with E-state index in [0.29, 0.717) is 17.1 Å². The van der Waals surface area contributed by atoms with E-state index in [1.807, 2.05) is 11.0 Å². The standard InChI is InChI=1S/C14H18ClN3O3/c15-12-7-10(14(16)21)1-2-11(12)8-17-3-5-18(6-4-17)9-13(19)20/h1-2,7H,3-6,8-9H2,(H2,16,21)(H,19,20). The van der Waals surface area contributed by atoms with Crippen LogP contribution in [-0.2, 0) is 11.3 Å². The highest BCUT2D eigenvalue weighted by Crippen LogP contribution is 2.20. The van der Waals surface area contributed by atoms with Crippen molar-refractivity contribution in [3.63, 3.8) is 0 Å². The van der Waals surface area contributed by atoms with E-state index in [2.05, 4.69) is 4.90 Å². The summed E-state index contributed by atoms with van der Waals surface area (Å²) in [5.41, 5.74) is 6.55. The van der Waals surface area contributed by atoms with Crippen LogP contribution in [0.1, 0.15) is 15.9 Å². The van der Waals surface area contributed by atoms with Gasteiger partial charge < -0.3 is 10.8 Å². The third-order valence-corrected chi connectivity index (χ3v) is 3.91. The summed E-state index contributed by atoms with van der Waals surface area (Å²) in [4.78, 5) is 25.9. The maximum Gasteiger partial charge on any atom is 0.317 e. The maximum atomic E-state index is 11.1. The van der Waals surface area contributed by atoms with Gasteiger partial charge in [0.25, 0.3) is 0 Å². The molecule has 1 aromatic carbocycles. The summed E-state index contributed by atoms with van der Waals surface area (Å²) in [5.74, 6) is -1.29. The number of nitrogens with zero attached hydrogens (tertiary/aromatic N) is 2. The van der Waals surface area contributed by atoms with Crippen LogP contribution >= 0.6 is 11.6 Å². The van der Waals surface area contributed by atoms with Gasteiger partial charge in [0.15, 0.2) is 0 Å². The summed E-state index contributed by atoms with van der Waals surface area (Å²) in [6.45, 7) is 3.80. The zero-order valence-corrected chi connectivity index (χ0v) is 12.3. The average molecular weight is 312 g/mol. The number of primary amides is 1. The first-order chi connectivity index (χ1) is 9.95. The lowest BCUT2D eigenvalue weighted by Gasteiger charge is -2.33. The molecule has 3 N–H and O–H groups in total. The van der Waals surface area contributed by atoms with Gasteiger partial charge in [0.1, 0.15) is 0 Å². The van der Waals surface area contributed by atoms with E-state index in [9.17, 15) is 9.59 Å². The zero-order valence-electron chi connectivity index (χ0n) is 11.6. The van der Waals surface area contributed by atoms with Gasteiger partial charge in [0.05, 0.1) is 6.54 Å². The molecule has 6 nitrogen and oxygen atoms in total. The van der Waals surface area contributed by atoms with Crippen LogP contribution < -0.4 is 5.73 Å². The van der Waals surface area contributed by atoms with Gasteiger partial charge in [-0.25, -0.2) is 0 Å². The number of hydrogen-bond acceptors (Lipinski definition) is 4. The molecule has 1 aliphatic heterocycles. The summed E-state index contributed by atoms with van der Waals surface area (Å²) in [5, 5.41) is 9.29. The molecule has 0 saturated carbocycles. The molecule has 0 aromatic heterocycles. The molecule has 1 heterocycles. The van der Waals surface area contributed by atoms with Crippen molar-refractivity contribution in [3.05, 3.63) is 34.3 Å². The lowest BCUT2D eigenvalue weighted by molar-refractivity contribution is -0.138. The van der Waals surface area contributed by atoms with Gasteiger partial charge in [-0.1, -0.05) is 17.7 Å². The van der Waals surface area contributed by atoms with Crippen LogP contribution in [0.2, 0.25) is 5.02 Å². The van der Waals surface area contributed by atoms with Crippen molar-refractivity contribution in [2.45, 2.75) is 6.54 Å². The van der Waals surface area contributed by atoms with Gasteiger partial charge in [-0.3, -0.25) is 19.4 Å². The van der Waals surface area contributed by atoms with Crippen LogP contribution in [0, 0.1) is 0 Å². The highest BCUT2D eigenvalue weighted by Gasteiger charge is 2.19. The lowest BCUT2D eigenvalue weighted by atomic mass is 10.1. The van der Waals surface area contributed by atoms with Crippen molar-refractivity contribution in [1.29, 1.82) is 0 Å². The Labute approximate surface area is 128 Å². The first-order valence-corrected chi connectivity index (χ1v) is 7.08. The number of carbonyl (C=O) groups excluding carboxylic acids is 1. The second-order valence-electron chi connectivity index (χ2n) is 5.12. The summed E-state index contributed by atoms with van der Waals surface area (Å²) >= 11 is 6.17. The molecular formula is C14H18ClN3O3. The molecule has 0 aliphatic carbocycles. The Morgan fingerprint density at radius 2 is 1.81 bits per heavy atom. The third-order valence-electron chi connectivity index (χ3n) is 3.56. The maximum absolute atomic E-state index is 11.1. The SMILES string of the molecule is NC(=O)c1ccc(CN2CCN(CC(=O)O)CC2)c(Cl)c1. The zero-order chi connectivity index (χ0) is 15.4. The number of piperazine rings is 1. The summed E-state index contributed by atoms with van der Waals surface area (Å²) in [7, 11) is 0. The number of hydrogen-bond donors (Lipinski definition) is 2. The minimum absolute atomic E-state index is 0.0852. The van der Waals surface area contributed by atoms with Crippen LogP contribution in [0.3, 0.4) is 0 Å². The Kier molecular flexibility index (Phi) is 5.17. The average Bonchev–Trinajstić information content (AvgIpc) is 2.42. The Hall–Kier alpha value is -1.63. The normalized spacial score (nSPS) is 16.8. The fraction of sp³-hybridized carbons (Fsp3) is 0.429. The van der Waals surface area contributed by atoms with Gasteiger partial charge in [0.2, 0.25) is 5.91 Å². The Bertz CT molecular complexity index is 542. The van der Waals surface area contributed by atoms with E-state index in [4.69, 9.17) is 22.4 Å². The van der Waals surface area contributed by atoms with Crippen LogP contribution in [-0.4, -0.2) is 59.5 Å². The molecule has 1 amide bonds. The number of benzene rings is 1. The Balaban J connectivity index is 1.91. The first kappa shape index (κ1) is 15.8. The first-order valence-electron chi connectivity index (χ1n) is 6.70. The van der Waals surface area contributed by atoms with Gasteiger partial charge in [-0.05, 0) is 17.7 Å². The number of amides is 1. The third kappa shape index (κ3) is 4.42. The number of carbonyl (C=O) groups is 2. The van der Waals surface area contributed by atoms with Crippen molar-refractivity contribution < 1.29 is 14.7 Å². The molecule has 1 aromatic rings. The van der Waals surface area contributed by atoms with E-state index in [1.54, 1.807) is 12.1 Å². The van der Waals surface area contributed by atoms with E-state index in [0.717, 1.165) is 31.7 Å². The number of halogens is 1. The van der Waals surface area contributed by atoms with Gasteiger partial charge in [-0.15, -0.1) is 0 Å². The van der Waals surface area contributed by atoms with E-state index in [1.165, 1.54) is 0 Å². The molecule has 0 atom stereocenters. The Morgan fingerprint density at radius 3 is 2.33 bits per heavy atom. The predicted molar refractivity (Wildman–Crippen MR) is 79.3 cm³/mol. The fourth-order valence-corrected chi connectivity index (χ4v) is 2.61. The molecular weight excluding hydrogens is 294 g/mol. The number of carboxylic acid groups (broad SMARTS) is 1. The van der Waals surface area contributed by atoms with Crippen LogP contribution in [0.5, 0.6) is 0 Å². The molecule has 1 fully saturated rings. The van der Waals surface area contributed by atoms with Gasteiger partial charge in [0, 0.05) is 43.3 Å². The van der Waals surface area contributed by atoms with Crippen LogP contribution in [0.25, 0.3) is 0 Å². The fourth-order valence-electron chi connectivity index (χ4n) is 2.37. The number of carboxylic acids is 1. The number of nitrogens with two attached hydrogens (primary N) is 1. The van der Waals surface area contributed by atoms with Crippen LogP contribution in [0.4, 0.5) is 0 Å². The lowest BCUT2D eigenvalue weighted by Crippen LogP contribution is -2.47. The summed E-state index contributed by atoms with van der Waals surface area (Å²) in [6, 6.07) is 5.07. The summed E-state index contributed by atoms with van der Waals surface area (Å²) < 4.78 is 0.